The zero-order chi connectivity index (χ0) is 17.6. The molecule has 25 heavy (non-hydrogen) atoms. The molecule has 5 heteroatoms. The average Bonchev–Trinajstić information content (AvgIpc) is 2.67. The molecule has 0 bridgehead atoms. The minimum absolute atomic E-state index is 0.0729. The summed E-state index contributed by atoms with van der Waals surface area (Å²) in [6.07, 6.45) is 1.54. The van der Waals surface area contributed by atoms with Gasteiger partial charge in [-0.2, -0.15) is 0 Å². The van der Waals surface area contributed by atoms with Gasteiger partial charge in [-0.15, -0.1) is 0 Å². The molecule has 0 unspecified atom stereocenters. The van der Waals surface area contributed by atoms with E-state index < -0.39 is 0 Å². The lowest BCUT2D eigenvalue weighted by molar-refractivity contribution is 0.0945. The first-order chi connectivity index (χ1) is 12.2. The van der Waals surface area contributed by atoms with E-state index in [1.165, 1.54) is 6.07 Å². The van der Waals surface area contributed by atoms with E-state index in [2.05, 4.69) is 10.3 Å². The highest BCUT2D eigenvalue weighted by atomic mass is 19.1. The number of halogens is 1. The number of hydrogen-bond acceptors (Lipinski definition) is 3. The number of ether oxygens (including phenoxy) is 1. The van der Waals surface area contributed by atoms with Crippen molar-refractivity contribution in [3.05, 3.63) is 83.9 Å². The van der Waals surface area contributed by atoms with E-state index in [4.69, 9.17) is 4.74 Å². The molecule has 0 saturated heterocycles. The van der Waals surface area contributed by atoms with Gasteiger partial charge in [0.1, 0.15) is 17.3 Å². The van der Waals surface area contributed by atoms with Gasteiger partial charge < -0.3 is 10.1 Å². The van der Waals surface area contributed by atoms with Gasteiger partial charge in [0, 0.05) is 18.3 Å². The summed E-state index contributed by atoms with van der Waals surface area (Å²) in [5.41, 5.74) is 2.30. The molecule has 2 aromatic carbocycles. The molecule has 1 heterocycles. The van der Waals surface area contributed by atoms with Gasteiger partial charge in [-0.1, -0.05) is 30.3 Å². The van der Waals surface area contributed by atoms with Crippen LogP contribution in [0.25, 0.3) is 11.1 Å². The number of methoxy groups -OCH3 is 1. The maximum atomic E-state index is 14.3. The van der Waals surface area contributed by atoms with Crippen LogP contribution in [0, 0.1) is 5.82 Å². The van der Waals surface area contributed by atoms with Crippen molar-refractivity contribution in [2.45, 2.75) is 6.54 Å². The molecule has 0 aliphatic heterocycles. The molecule has 1 aromatic heterocycles. The molecule has 0 fully saturated rings. The van der Waals surface area contributed by atoms with Crippen LogP contribution in [0.4, 0.5) is 4.39 Å². The van der Waals surface area contributed by atoms with Crippen molar-refractivity contribution in [1.29, 1.82) is 0 Å². The molecule has 3 rings (SSSR count). The van der Waals surface area contributed by atoms with Crippen LogP contribution in [0.2, 0.25) is 0 Å². The Bertz CT molecular complexity index is 865. The molecule has 3 aromatic rings. The second kappa shape index (κ2) is 7.57. The van der Waals surface area contributed by atoms with Gasteiger partial charge >= 0.3 is 0 Å². The van der Waals surface area contributed by atoms with Crippen molar-refractivity contribution in [2.75, 3.05) is 7.11 Å². The molecule has 0 aliphatic rings. The van der Waals surface area contributed by atoms with Crippen molar-refractivity contribution in [3.8, 4) is 16.9 Å². The zero-order valence-corrected chi connectivity index (χ0v) is 13.7. The fourth-order valence-electron chi connectivity index (χ4n) is 2.54. The van der Waals surface area contributed by atoms with Crippen LogP contribution >= 0.6 is 0 Å². The molecular weight excluding hydrogens is 319 g/mol. The number of nitrogens with zero attached hydrogens (tertiary/aromatic N) is 1. The zero-order valence-electron chi connectivity index (χ0n) is 13.7. The van der Waals surface area contributed by atoms with Gasteiger partial charge in [0.15, 0.2) is 0 Å². The van der Waals surface area contributed by atoms with Crippen LogP contribution in [0.1, 0.15) is 16.1 Å². The van der Waals surface area contributed by atoms with Crippen LogP contribution in [-0.2, 0) is 6.54 Å². The van der Waals surface area contributed by atoms with Gasteiger partial charge in [-0.25, -0.2) is 4.39 Å². The second-order valence-corrected chi connectivity index (χ2v) is 5.39. The van der Waals surface area contributed by atoms with Crippen LogP contribution < -0.4 is 10.1 Å². The topological polar surface area (TPSA) is 51.2 Å². The van der Waals surface area contributed by atoms with E-state index >= 15 is 0 Å². The largest absolute Gasteiger partial charge is 0.497 e. The first-order valence-corrected chi connectivity index (χ1v) is 7.80. The predicted octanol–water partition coefficient (Wildman–Crippen LogP) is 3.83. The first kappa shape index (κ1) is 16.6. The molecule has 126 valence electrons. The van der Waals surface area contributed by atoms with Crippen LogP contribution in [0.5, 0.6) is 5.75 Å². The van der Waals surface area contributed by atoms with E-state index in [0.717, 1.165) is 16.9 Å². The summed E-state index contributed by atoms with van der Waals surface area (Å²) in [5.74, 6) is 0.0179. The number of nitrogens with one attached hydrogen (secondary N) is 1. The van der Waals surface area contributed by atoms with Crippen molar-refractivity contribution >= 4 is 5.91 Å². The molecule has 0 atom stereocenters. The highest BCUT2D eigenvalue weighted by Gasteiger charge is 2.13. The number of amides is 1. The van der Waals surface area contributed by atoms with Crippen molar-refractivity contribution in [3.63, 3.8) is 0 Å². The SMILES string of the molecule is COc1ccc(-c2cccc(F)c2CNC(=O)c2ccccn2)cc1. The molecule has 4 nitrogen and oxygen atoms in total. The minimum Gasteiger partial charge on any atom is -0.497 e. The lowest BCUT2D eigenvalue weighted by Gasteiger charge is -2.12. The Morgan fingerprint density at radius 2 is 1.88 bits per heavy atom. The van der Waals surface area contributed by atoms with Gasteiger partial charge in [0.2, 0.25) is 0 Å². The Labute approximate surface area is 145 Å². The highest BCUT2D eigenvalue weighted by molar-refractivity contribution is 5.92. The molecule has 0 aliphatic carbocycles. The van der Waals surface area contributed by atoms with Crippen LogP contribution in [0.15, 0.2) is 66.9 Å². The lowest BCUT2D eigenvalue weighted by Crippen LogP contribution is -2.24. The van der Waals surface area contributed by atoms with Gasteiger partial charge in [0.05, 0.1) is 7.11 Å². The smallest absolute Gasteiger partial charge is 0.270 e. The molecule has 1 amide bonds. The van der Waals surface area contributed by atoms with Gasteiger partial charge in [-0.05, 0) is 41.5 Å². The molecule has 0 saturated carbocycles. The number of benzene rings is 2. The Kier molecular flexibility index (Phi) is 5.04. The Balaban J connectivity index is 1.84. The normalized spacial score (nSPS) is 10.3. The molecular formula is C20H17FN2O2. The number of pyridine rings is 1. The van der Waals surface area contributed by atoms with E-state index in [-0.39, 0.29) is 18.3 Å². The fraction of sp³-hybridized carbons (Fsp3) is 0.100. The third kappa shape index (κ3) is 3.83. The summed E-state index contributed by atoms with van der Waals surface area (Å²) in [7, 11) is 1.59. The molecule has 0 radical (unpaired) electrons. The van der Waals surface area contributed by atoms with E-state index in [1.54, 1.807) is 37.6 Å². The third-order valence-electron chi connectivity index (χ3n) is 3.84. The summed E-state index contributed by atoms with van der Waals surface area (Å²) in [6.45, 7) is 0.0729. The summed E-state index contributed by atoms with van der Waals surface area (Å²) >= 11 is 0. The summed E-state index contributed by atoms with van der Waals surface area (Å²) < 4.78 is 19.5. The lowest BCUT2D eigenvalue weighted by atomic mass is 9.99. The monoisotopic (exact) mass is 336 g/mol. The number of rotatable bonds is 5. The summed E-state index contributed by atoms with van der Waals surface area (Å²) in [6, 6.07) is 17.3. The van der Waals surface area contributed by atoms with Gasteiger partial charge in [-0.3, -0.25) is 9.78 Å². The standard InChI is InChI=1S/C20H17FN2O2/c1-25-15-10-8-14(9-11-15)16-5-4-6-18(21)17(16)13-23-20(24)19-7-2-3-12-22-19/h2-12H,13H2,1H3,(H,23,24). The Hall–Kier alpha value is -3.21. The van der Waals surface area contributed by atoms with E-state index in [0.29, 0.717) is 11.3 Å². The molecule has 1 N–H and O–H groups in total. The Morgan fingerprint density at radius 3 is 2.56 bits per heavy atom. The molecule has 0 spiro atoms. The van der Waals surface area contributed by atoms with Crippen molar-refractivity contribution < 1.29 is 13.9 Å². The van der Waals surface area contributed by atoms with Gasteiger partial charge in [0.25, 0.3) is 5.91 Å². The number of carbonyl (C=O) groups is 1. The van der Waals surface area contributed by atoms with E-state index in [9.17, 15) is 9.18 Å². The quantitative estimate of drug-likeness (QED) is 0.770. The van der Waals surface area contributed by atoms with Crippen LogP contribution in [0.3, 0.4) is 0 Å². The average molecular weight is 336 g/mol. The summed E-state index contributed by atoms with van der Waals surface area (Å²) in [5, 5.41) is 2.72. The minimum atomic E-state index is -0.366. The highest BCUT2D eigenvalue weighted by Crippen LogP contribution is 2.27. The summed E-state index contributed by atoms with van der Waals surface area (Å²) in [4.78, 5) is 16.1. The maximum Gasteiger partial charge on any atom is 0.270 e. The van der Waals surface area contributed by atoms with E-state index in [1.807, 2.05) is 30.3 Å². The number of carbonyl (C=O) groups excluding carboxylic acids is 1. The first-order valence-electron chi connectivity index (χ1n) is 7.80. The fourth-order valence-corrected chi connectivity index (χ4v) is 2.54. The van der Waals surface area contributed by atoms with Crippen molar-refractivity contribution in [2.24, 2.45) is 0 Å². The number of aromatic nitrogens is 1. The number of hydrogen-bond donors (Lipinski definition) is 1. The van der Waals surface area contributed by atoms with Crippen LogP contribution in [-0.4, -0.2) is 18.0 Å². The second-order valence-electron chi connectivity index (χ2n) is 5.39. The maximum absolute atomic E-state index is 14.3. The Morgan fingerprint density at radius 1 is 1.08 bits per heavy atom. The third-order valence-corrected chi connectivity index (χ3v) is 3.84. The van der Waals surface area contributed by atoms with Crippen molar-refractivity contribution in [1.82, 2.24) is 10.3 Å². The predicted molar refractivity (Wildman–Crippen MR) is 93.8 cm³/mol.